The Morgan fingerprint density at radius 2 is 2.30 bits per heavy atom. The number of carbonyl (C=O) groups is 1. The Morgan fingerprint density at radius 1 is 1.43 bits per heavy atom. The predicted molar refractivity (Wildman–Crippen MR) is 91.9 cm³/mol. The summed E-state index contributed by atoms with van der Waals surface area (Å²) in [5, 5.41) is 4.03. The van der Waals surface area contributed by atoms with Gasteiger partial charge in [0.2, 0.25) is 5.91 Å². The van der Waals surface area contributed by atoms with E-state index in [4.69, 9.17) is 4.74 Å². The molecule has 3 heterocycles. The van der Waals surface area contributed by atoms with Gasteiger partial charge >= 0.3 is 0 Å². The lowest BCUT2D eigenvalue weighted by molar-refractivity contribution is -0.138. The first-order chi connectivity index (χ1) is 11.1. The van der Waals surface area contributed by atoms with Gasteiger partial charge in [0.05, 0.1) is 25.3 Å². The highest BCUT2D eigenvalue weighted by molar-refractivity contribution is 7.07. The fourth-order valence-corrected chi connectivity index (χ4v) is 3.27. The lowest BCUT2D eigenvalue weighted by Crippen LogP contribution is -2.43. The molecule has 0 N–H and O–H groups in total. The van der Waals surface area contributed by atoms with Gasteiger partial charge in [0.1, 0.15) is 11.9 Å². The van der Waals surface area contributed by atoms with E-state index >= 15 is 0 Å². The fraction of sp³-hybridized carbons (Fsp3) is 0.412. The van der Waals surface area contributed by atoms with Crippen molar-refractivity contribution < 1.29 is 9.53 Å². The van der Waals surface area contributed by atoms with Crippen LogP contribution in [0.25, 0.3) is 0 Å². The molecule has 0 saturated carbocycles. The zero-order chi connectivity index (χ0) is 16.2. The van der Waals surface area contributed by atoms with Gasteiger partial charge in [-0.05, 0) is 34.5 Å². The smallest absolute Gasteiger partial charge is 0.227 e. The number of thiophene rings is 1. The van der Waals surface area contributed by atoms with Crippen LogP contribution in [0.1, 0.15) is 17.4 Å². The molecule has 2 aromatic heterocycles. The van der Waals surface area contributed by atoms with Gasteiger partial charge in [0, 0.05) is 20.6 Å². The second-order valence-electron chi connectivity index (χ2n) is 5.82. The molecule has 0 aliphatic carbocycles. The lowest BCUT2D eigenvalue weighted by Gasteiger charge is -2.33. The van der Waals surface area contributed by atoms with E-state index in [1.54, 1.807) is 11.3 Å². The minimum Gasteiger partial charge on any atom is -0.368 e. The maximum atomic E-state index is 12.5. The van der Waals surface area contributed by atoms with Crippen LogP contribution in [0, 0.1) is 0 Å². The van der Waals surface area contributed by atoms with Gasteiger partial charge in [-0.25, -0.2) is 4.98 Å². The summed E-state index contributed by atoms with van der Waals surface area (Å²) in [4.78, 5) is 20.9. The molecular weight excluding hydrogens is 310 g/mol. The van der Waals surface area contributed by atoms with Gasteiger partial charge in [-0.2, -0.15) is 11.3 Å². The molecule has 23 heavy (non-hydrogen) atoms. The van der Waals surface area contributed by atoms with Crippen molar-refractivity contribution in [2.45, 2.75) is 12.5 Å². The van der Waals surface area contributed by atoms with Crippen LogP contribution < -0.4 is 4.90 Å². The molecule has 0 radical (unpaired) electrons. The molecule has 0 spiro atoms. The van der Waals surface area contributed by atoms with E-state index in [9.17, 15) is 4.79 Å². The normalized spacial score (nSPS) is 18.0. The van der Waals surface area contributed by atoms with Gasteiger partial charge < -0.3 is 14.5 Å². The molecular formula is C17H21N3O2S. The van der Waals surface area contributed by atoms with Crippen LogP contribution in [-0.4, -0.2) is 49.6 Å². The van der Waals surface area contributed by atoms with E-state index in [1.807, 2.05) is 58.9 Å². The quantitative estimate of drug-likeness (QED) is 0.863. The molecule has 1 aliphatic heterocycles. The van der Waals surface area contributed by atoms with E-state index in [0.29, 0.717) is 26.1 Å². The zero-order valence-electron chi connectivity index (χ0n) is 13.4. The Bertz CT molecular complexity index is 658. The number of aromatic nitrogens is 1. The Morgan fingerprint density at radius 3 is 3.04 bits per heavy atom. The third-order valence-corrected chi connectivity index (χ3v) is 4.63. The largest absolute Gasteiger partial charge is 0.368 e. The van der Waals surface area contributed by atoms with Crippen molar-refractivity contribution in [3.63, 3.8) is 0 Å². The molecule has 6 heteroatoms. The molecule has 1 aliphatic rings. The van der Waals surface area contributed by atoms with Gasteiger partial charge in [-0.3, -0.25) is 4.79 Å². The molecule has 1 saturated heterocycles. The highest BCUT2D eigenvalue weighted by Crippen LogP contribution is 2.23. The summed E-state index contributed by atoms with van der Waals surface area (Å²) in [5.74, 6) is 1.05. The molecule has 1 atom stereocenters. The summed E-state index contributed by atoms with van der Waals surface area (Å²) in [6.07, 6.45) is 0.302. The second-order valence-corrected chi connectivity index (χ2v) is 6.60. The van der Waals surface area contributed by atoms with Crippen molar-refractivity contribution in [1.82, 2.24) is 9.88 Å². The number of amides is 1. The Balaban J connectivity index is 1.68. The van der Waals surface area contributed by atoms with Crippen LogP contribution >= 0.6 is 11.3 Å². The summed E-state index contributed by atoms with van der Waals surface area (Å²) in [6.45, 7) is 1.76. The van der Waals surface area contributed by atoms with Crippen LogP contribution in [-0.2, 0) is 16.0 Å². The Hall–Kier alpha value is -1.92. The summed E-state index contributed by atoms with van der Waals surface area (Å²) < 4.78 is 5.84. The number of ether oxygens (including phenoxy) is 1. The first-order valence-electron chi connectivity index (χ1n) is 7.68. The number of rotatable bonds is 4. The molecule has 3 rings (SSSR count). The van der Waals surface area contributed by atoms with Gasteiger partial charge in [-0.1, -0.05) is 6.07 Å². The van der Waals surface area contributed by atoms with Gasteiger partial charge in [-0.15, -0.1) is 0 Å². The fourth-order valence-electron chi connectivity index (χ4n) is 2.60. The average molecular weight is 331 g/mol. The highest BCUT2D eigenvalue weighted by atomic mass is 32.1. The highest BCUT2D eigenvalue weighted by Gasteiger charge is 2.26. The molecule has 122 valence electrons. The predicted octanol–water partition coefficient (Wildman–Crippen LogP) is 2.35. The van der Waals surface area contributed by atoms with Crippen molar-refractivity contribution in [1.29, 1.82) is 0 Å². The van der Waals surface area contributed by atoms with Crippen LogP contribution in [0.3, 0.4) is 0 Å². The van der Waals surface area contributed by atoms with Gasteiger partial charge in [0.25, 0.3) is 0 Å². The zero-order valence-corrected chi connectivity index (χ0v) is 14.3. The number of carbonyl (C=O) groups excluding carboxylic acids is 1. The maximum Gasteiger partial charge on any atom is 0.227 e. The molecule has 0 unspecified atom stereocenters. The SMILES string of the molecule is CN(C)c1cccc([C@H]2CN(C(=O)Cc3ccsc3)CCO2)n1. The van der Waals surface area contributed by atoms with E-state index < -0.39 is 0 Å². The lowest BCUT2D eigenvalue weighted by atomic mass is 10.1. The average Bonchev–Trinajstić information content (AvgIpc) is 3.08. The summed E-state index contributed by atoms with van der Waals surface area (Å²) in [6, 6.07) is 7.91. The van der Waals surface area contributed by atoms with Crippen molar-refractivity contribution in [2.24, 2.45) is 0 Å². The number of hydrogen-bond acceptors (Lipinski definition) is 5. The number of anilines is 1. The molecule has 0 aromatic carbocycles. The topological polar surface area (TPSA) is 45.7 Å². The van der Waals surface area contributed by atoms with E-state index in [0.717, 1.165) is 17.1 Å². The Labute approximate surface area is 140 Å². The number of hydrogen-bond donors (Lipinski definition) is 0. The third kappa shape index (κ3) is 3.89. The standard InChI is InChI=1S/C17H21N3O2S/c1-19(2)16-5-3-4-14(18-16)15-11-20(7-8-22-15)17(21)10-13-6-9-23-12-13/h3-6,9,12,15H,7-8,10-11H2,1-2H3/t15-/m1/s1. The van der Waals surface area contributed by atoms with E-state index in [-0.39, 0.29) is 12.0 Å². The minimum absolute atomic E-state index is 0.153. The van der Waals surface area contributed by atoms with Crippen LogP contribution in [0.15, 0.2) is 35.0 Å². The van der Waals surface area contributed by atoms with Gasteiger partial charge in [0.15, 0.2) is 0 Å². The van der Waals surface area contributed by atoms with Crippen molar-refractivity contribution >= 4 is 23.1 Å². The van der Waals surface area contributed by atoms with E-state index in [1.165, 1.54) is 0 Å². The van der Waals surface area contributed by atoms with Crippen molar-refractivity contribution in [2.75, 3.05) is 38.7 Å². The summed E-state index contributed by atoms with van der Waals surface area (Å²) >= 11 is 1.62. The maximum absolute atomic E-state index is 12.5. The van der Waals surface area contributed by atoms with Crippen LogP contribution in [0.5, 0.6) is 0 Å². The first kappa shape index (κ1) is 16.0. The second kappa shape index (κ2) is 7.10. The van der Waals surface area contributed by atoms with Crippen molar-refractivity contribution in [3.05, 3.63) is 46.3 Å². The minimum atomic E-state index is -0.157. The Kier molecular flexibility index (Phi) is 4.93. The van der Waals surface area contributed by atoms with Crippen LogP contribution in [0.4, 0.5) is 5.82 Å². The number of pyridine rings is 1. The van der Waals surface area contributed by atoms with E-state index in [2.05, 4.69) is 4.98 Å². The third-order valence-electron chi connectivity index (χ3n) is 3.90. The first-order valence-corrected chi connectivity index (χ1v) is 8.62. The molecule has 1 fully saturated rings. The number of morpholine rings is 1. The summed E-state index contributed by atoms with van der Waals surface area (Å²) in [5.41, 5.74) is 1.96. The van der Waals surface area contributed by atoms with Crippen molar-refractivity contribution in [3.8, 4) is 0 Å². The molecule has 1 amide bonds. The molecule has 2 aromatic rings. The van der Waals surface area contributed by atoms with Crippen LogP contribution in [0.2, 0.25) is 0 Å². The number of nitrogens with zero attached hydrogens (tertiary/aromatic N) is 3. The summed E-state index contributed by atoms with van der Waals surface area (Å²) in [7, 11) is 3.93. The molecule has 0 bridgehead atoms. The monoisotopic (exact) mass is 331 g/mol. The molecule has 5 nitrogen and oxygen atoms in total.